The summed E-state index contributed by atoms with van der Waals surface area (Å²) in [5, 5.41) is 4.58. The second kappa shape index (κ2) is 7.14. The van der Waals surface area contributed by atoms with E-state index in [4.69, 9.17) is 4.98 Å². The molecular formula is C19H19ClFN5S. The summed E-state index contributed by atoms with van der Waals surface area (Å²) in [5.41, 5.74) is 3.56. The summed E-state index contributed by atoms with van der Waals surface area (Å²) >= 11 is 1.73. The summed E-state index contributed by atoms with van der Waals surface area (Å²) < 4.78 is 17.2. The Hall–Kier alpha value is -2.09. The van der Waals surface area contributed by atoms with Crippen LogP contribution < -0.4 is 5.32 Å². The van der Waals surface area contributed by atoms with Gasteiger partial charge >= 0.3 is 0 Å². The summed E-state index contributed by atoms with van der Waals surface area (Å²) in [6.07, 6.45) is 7.75. The minimum Gasteiger partial charge on any atom is -0.317 e. The first kappa shape index (κ1) is 18.3. The smallest absolute Gasteiger partial charge is 0.173 e. The van der Waals surface area contributed by atoms with Gasteiger partial charge in [0.2, 0.25) is 0 Å². The molecule has 5 nitrogen and oxygen atoms in total. The van der Waals surface area contributed by atoms with Gasteiger partial charge in [-0.05, 0) is 45.0 Å². The number of pyridine rings is 2. The Labute approximate surface area is 166 Å². The lowest BCUT2D eigenvalue weighted by atomic mass is 9.99. The molecule has 4 aromatic heterocycles. The number of aryl methyl sites for hydroxylation is 1. The number of nitrogens with one attached hydrogen (secondary N) is 1. The Bertz CT molecular complexity index is 1120. The Morgan fingerprint density at radius 3 is 2.81 bits per heavy atom. The number of imidazole rings is 1. The van der Waals surface area contributed by atoms with E-state index in [9.17, 15) is 4.39 Å². The number of fused-ring (bicyclic) bond motifs is 2. The highest BCUT2D eigenvalue weighted by Crippen LogP contribution is 2.33. The van der Waals surface area contributed by atoms with Crippen molar-refractivity contribution >= 4 is 39.6 Å². The number of hydrogen-bond donors (Lipinski definition) is 1. The van der Waals surface area contributed by atoms with Crippen LogP contribution in [0.1, 0.15) is 29.5 Å². The predicted octanol–water partition coefficient (Wildman–Crippen LogP) is 4.34. The van der Waals surface area contributed by atoms with Gasteiger partial charge in [0.25, 0.3) is 0 Å². The molecule has 0 atom stereocenters. The lowest BCUT2D eigenvalue weighted by Gasteiger charge is -2.20. The zero-order valence-corrected chi connectivity index (χ0v) is 16.4. The predicted molar refractivity (Wildman–Crippen MR) is 108 cm³/mol. The number of rotatable bonds is 2. The number of piperidine rings is 1. The van der Waals surface area contributed by atoms with Crippen molar-refractivity contribution in [3.8, 4) is 11.3 Å². The Kier molecular flexibility index (Phi) is 4.84. The topological polar surface area (TPSA) is 55.1 Å². The van der Waals surface area contributed by atoms with Gasteiger partial charge in [0.1, 0.15) is 0 Å². The fourth-order valence-corrected chi connectivity index (χ4v) is 4.72. The highest BCUT2D eigenvalue weighted by Gasteiger charge is 2.19. The largest absolute Gasteiger partial charge is 0.317 e. The first-order valence-electron chi connectivity index (χ1n) is 8.80. The van der Waals surface area contributed by atoms with Gasteiger partial charge < -0.3 is 9.72 Å². The van der Waals surface area contributed by atoms with Crippen molar-refractivity contribution in [2.24, 2.45) is 0 Å². The minimum absolute atomic E-state index is 0. The van der Waals surface area contributed by atoms with Gasteiger partial charge in [0.15, 0.2) is 11.5 Å². The van der Waals surface area contributed by atoms with Gasteiger partial charge in [0, 0.05) is 23.9 Å². The molecule has 0 radical (unpaired) electrons. The van der Waals surface area contributed by atoms with Crippen LogP contribution in [0.3, 0.4) is 0 Å². The highest BCUT2D eigenvalue weighted by molar-refractivity contribution is 7.18. The normalized spacial score (nSPS) is 15.3. The molecule has 5 heterocycles. The average molecular weight is 404 g/mol. The maximum atomic E-state index is 14.4. The second-order valence-electron chi connectivity index (χ2n) is 6.80. The molecule has 1 fully saturated rings. The molecule has 140 valence electrons. The van der Waals surface area contributed by atoms with Crippen molar-refractivity contribution in [3.05, 3.63) is 47.2 Å². The monoisotopic (exact) mass is 403 g/mol. The molecular weight excluding hydrogens is 385 g/mol. The van der Waals surface area contributed by atoms with Gasteiger partial charge in [0.05, 0.1) is 32.8 Å². The standard InChI is InChI=1S/C19H18FN5S.ClH/c1-11-9-25-10-13(6-14(20)18(25)23-11)15-7-17-16(8-22-15)24-19(26-17)12-2-4-21-5-3-12;/h6-10,12,21H,2-5H2,1H3;1H. The van der Waals surface area contributed by atoms with Crippen LogP contribution in [0.15, 0.2) is 30.7 Å². The fourth-order valence-electron chi connectivity index (χ4n) is 3.57. The molecule has 5 rings (SSSR count). The van der Waals surface area contributed by atoms with E-state index in [2.05, 4.69) is 15.3 Å². The van der Waals surface area contributed by atoms with Crippen LogP contribution in [0.25, 0.3) is 27.1 Å². The molecule has 4 aromatic rings. The molecule has 8 heteroatoms. The van der Waals surface area contributed by atoms with E-state index in [1.54, 1.807) is 21.9 Å². The van der Waals surface area contributed by atoms with Crippen LogP contribution in [0, 0.1) is 12.7 Å². The fraction of sp³-hybridized carbons (Fsp3) is 0.316. The Morgan fingerprint density at radius 1 is 1.19 bits per heavy atom. The second-order valence-corrected chi connectivity index (χ2v) is 7.87. The van der Waals surface area contributed by atoms with Crippen molar-refractivity contribution in [1.29, 1.82) is 0 Å². The molecule has 0 spiro atoms. The molecule has 1 saturated heterocycles. The van der Waals surface area contributed by atoms with E-state index in [-0.39, 0.29) is 18.2 Å². The summed E-state index contributed by atoms with van der Waals surface area (Å²) in [5.74, 6) is 0.192. The third kappa shape index (κ3) is 3.31. The molecule has 1 N–H and O–H groups in total. The van der Waals surface area contributed by atoms with E-state index in [1.807, 2.05) is 25.4 Å². The van der Waals surface area contributed by atoms with Crippen LogP contribution in [0.5, 0.6) is 0 Å². The van der Waals surface area contributed by atoms with Crippen molar-refractivity contribution in [3.63, 3.8) is 0 Å². The molecule has 27 heavy (non-hydrogen) atoms. The zero-order chi connectivity index (χ0) is 17.7. The van der Waals surface area contributed by atoms with Crippen LogP contribution in [-0.4, -0.2) is 32.4 Å². The molecule has 0 aliphatic carbocycles. The van der Waals surface area contributed by atoms with Crippen molar-refractivity contribution in [2.45, 2.75) is 25.7 Å². The first-order chi connectivity index (χ1) is 12.7. The summed E-state index contributed by atoms with van der Waals surface area (Å²) in [6.45, 7) is 3.96. The zero-order valence-electron chi connectivity index (χ0n) is 14.8. The molecule has 1 aliphatic rings. The van der Waals surface area contributed by atoms with E-state index in [0.29, 0.717) is 11.6 Å². The van der Waals surface area contributed by atoms with Crippen molar-refractivity contribution < 1.29 is 4.39 Å². The summed E-state index contributed by atoms with van der Waals surface area (Å²) in [4.78, 5) is 13.5. The average Bonchev–Trinajstić information content (AvgIpc) is 3.24. The van der Waals surface area contributed by atoms with Crippen molar-refractivity contribution in [1.82, 2.24) is 24.7 Å². The van der Waals surface area contributed by atoms with Gasteiger partial charge in [-0.15, -0.1) is 23.7 Å². The van der Waals surface area contributed by atoms with Gasteiger partial charge in [-0.2, -0.15) is 0 Å². The third-order valence-corrected chi connectivity index (χ3v) is 6.08. The minimum atomic E-state index is -0.336. The number of hydrogen-bond acceptors (Lipinski definition) is 5. The molecule has 0 bridgehead atoms. The van der Waals surface area contributed by atoms with Crippen molar-refractivity contribution in [2.75, 3.05) is 13.1 Å². The van der Waals surface area contributed by atoms with Gasteiger partial charge in [-0.1, -0.05) is 0 Å². The Balaban J connectivity index is 0.00000180. The maximum Gasteiger partial charge on any atom is 0.173 e. The van der Waals surface area contributed by atoms with Crippen LogP contribution in [0.2, 0.25) is 0 Å². The third-order valence-electron chi connectivity index (χ3n) is 4.90. The van der Waals surface area contributed by atoms with E-state index in [1.165, 1.54) is 11.1 Å². The quantitative estimate of drug-likeness (QED) is 0.540. The van der Waals surface area contributed by atoms with Crippen LogP contribution in [-0.2, 0) is 0 Å². The molecule has 0 aromatic carbocycles. The Morgan fingerprint density at radius 2 is 2.00 bits per heavy atom. The lowest BCUT2D eigenvalue weighted by molar-refractivity contribution is 0.459. The lowest BCUT2D eigenvalue weighted by Crippen LogP contribution is -2.26. The summed E-state index contributed by atoms with van der Waals surface area (Å²) in [7, 11) is 0. The van der Waals surface area contributed by atoms with Crippen LogP contribution >= 0.6 is 23.7 Å². The van der Waals surface area contributed by atoms with E-state index < -0.39 is 0 Å². The first-order valence-corrected chi connectivity index (χ1v) is 9.61. The SMILES string of the molecule is Cc1cn2cc(-c3cc4sc(C5CCNCC5)nc4cn3)cc(F)c2n1.Cl. The number of nitrogens with zero attached hydrogens (tertiary/aromatic N) is 4. The molecule has 0 amide bonds. The van der Waals surface area contributed by atoms with Gasteiger partial charge in [-0.3, -0.25) is 4.98 Å². The molecule has 1 aliphatic heterocycles. The van der Waals surface area contributed by atoms with Crippen LogP contribution in [0.4, 0.5) is 4.39 Å². The van der Waals surface area contributed by atoms with Gasteiger partial charge in [-0.25, -0.2) is 14.4 Å². The summed E-state index contributed by atoms with van der Waals surface area (Å²) in [6, 6.07) is 3.52. The molecule has 0 unspecified atom stereocenters. The van der Waals surface area contributed by atoms with E-state index >= 15 is 0 Å². The van der Waals surface area contributed by atoms with E-state index in [0.717, 1.165) is 53.1 Å². The number of aromatic nitrogens is 4. The number of halogens is 2. The highest BCUT2D eigenvalue weighted by atomic mass is 35.5. The molecule has 0 saturated carbocycles. The maximum absolute atomic E-state index is 14.4. The number of thiazole rings is 1.